The first-order valence-corrected chi connectivity index (χ1v) is 8.61. The van der Waals surface area contributed by atoms with Gasteiger partial charge in [0, 0.05) is 29.5 Å². The first-order chi connectivity index (χ1) is 13.3. The minimum absolute atomic E-state index is 0.142. The zero-order valence-electron chi connectivity index (χ0n) is 14.3. The number of fused-ring (bicyclic) bond motifs is 2. The molecule has 0 bridgehead atoms. The molecule has 6 heteroatoms. The Bertz CT molecular complexity index is 1340. The van der Waals surface area contributed by atoms with E-state index in [0.29, 0.717) is 12.2 Å². The second-order valence-corrected chi connectivity index (χ2v) is 6.37. The maximum absolute atomic E-state index is 12.4. The van der Waals surface area contributed by atoms with Gasteiger partial charge >= 0.3 is 0 Å². The highest BCUT2D eigenvalue weighted by atomic mass is 16.1. The Morgan fingerprint density at radius 2 is 1.89 bits per heavy atom. The Morgan fingerprint density at radius 3 is 2.85 bits per heavy atom. The molecule has 5 aromatic rings. The lowest BCUT2D eigenvalue weighted by Crippen LogP contribution is -2.21. The predicted octanol–water partition coefficient (Wildman–Crippen LogP) is 3.38. The van der Waals surface area contributed by atoms with Gasteiger partial charge in [-0.15, -0.1) is 0 Å². The van der Waals surface area contributed by atoms with Crippen LogP contribution in [0.3, 0.4) is 0 Å². The molecule has 0 amide bonds. The van der Waals surface area contributed by atoms with Gasteiger partial charge in [0.25, 0.3) is 5.56 Å². The number of aromatic amines is 1. The van der Waals surface area contributed by atoms with Crippen LogP contribution in [0.1, 0.15) is 5.56 Å². The van der Waals surface area contributed by atoms with Gasteiger partial charge in [0.05, 0.1) is 18.3 Å². The Balaban J connectivity index is 1.57. The summed E-state index contributed by atoms with van der Waals surface area (Å²) in [5, 5.41) is 1.07. The molecule has 0 radical (unpaired) electrons. The van der Waals surface area contributed by atoms with Crippen molar-refractivity contribution in [2.75, 3.05) is 0 Å². The monoisotopic (exact) mass is 353 g/mol. The summed E-state index contributed by atoms with van der Waals surface area (Å²) >= 11 is 0. The molecular weight excluding hydrogens is 338 g/mol. The number of nitrogens with one attached hydrogen (secondary N) is 1. The molecular formula is C21H15N5O. The van der Waals surface area contributed by atoms with Crippen LogP contribution in [0.5, 0.6) is 0 Å². The van der Waals surface area contributed by atoms with E-state index in [2.05, 4.69) is 32.1 Å². The van der Waals surface area contributed by atoms with Crippen LogP contribution in [-0.2, 0) is 6.54 Å². The van der Waals surface area contributed by atoms with Crippen molar-refractivity contribution in [1.29, 1.82) is 0 Å². The van der Waals surface area contributed by atoms with Gasteiger partial charge in [0.1, 0.15) is 5.65 Å². The van der Waals surface area contributed by atoms with Gasteiger partial charge in [0.15, 0.2) is 5.65 Å². The molecule has 130 valence electrons. The highest BCUT2D eigenvalue weighted by Crippen LogP contribution is 2.23. The number of hydrogen-bond donors (Lipinski definition) is 1. The lowest BCUT2D eigenvalue weighted by atomic mass is 10.0. The van der Waals surface area contributed by atoms with Gasteiger partial charge in [-0.1, -0.05) is 18.2 Å². The van der Waals surface area contributed by atoms with Crippen molar-refractivity contribution >= 4 is 22.2 Å². The molecule has 4 heterocycles. The highest BCUT2D eigenvalue weighted by molar-refractivity contribution is 5.81. The topological polar surface area (TPSA) is 76.5 Å². The average Bonchev–Trinajstić information content (AvgIpc) is 3.18. The molecule has 27 heavy (non-hydrogen) atoms. The fourth-order valence-electron chi connectivity index (χ4n) is 3.30. The minimum atomic E-state index is -0.142. The lowest BCUT2D eigenvalue weighted by molar-refractivity contribution is 0.784. The molecule has 0 unspecified atom stereocenters. The molecule has 0 aliphatic heterocycles. The summed E-state index contributed by atoms with van der Waals surface area (Å²) < 4.78 is 1.70. The molecule has 0 saturated heterocycles. The molecule has 0 spiro atoms. The van der Waals surface area contributed by atoms with E-state index in [1.165, 1.54) is 6.20 Å². The van der Waals surface area contributed by atoms with Crippen molar-refractivity contribution in [1.82, 2.24) is 24.5 Å². The van der Waals surface area contributed by atoms with Crippen LogP contribution in [0.25, 0.3) is 33.3 Å². The van der Waals surface area contributed by atoms with E-state index in [-0.39, 0.29) is 5.56 Å². The molecule has 1 N–H and O–H groups in total. The summed E-state index contributed by atoms with van der Waals surface area (Å²) in [6.45, 7) is 0.456. The second-order valence-electron chi connectivity index (χ2n) is 6.37. The number of nitrogens with zero attached hydrogens (tertiary/aromatic N) is 4. The third-order valence-corrected chi connectivity index (χ3v) is 4.62. The van der Waals surface area contributed by atoms with E-state index in [0.717, 1.165) is 33.2 Å². The fourth-order valence-corrected chi connectivity index (χ4v) is 3.30. The maximum atomic E-state index is 12.4. The van der Waals surface area contributed by atoms with Gasteiger partial charge in [-0.25, -0.2) is 15.0 Å². The molecule has 4 aromatic heterocycles. The van der Waals surface area contributed by atoms with E-state index in [4.69, 9.17) is 0 Å². The quantitative estimate of drug-likeness (QED) is 0.539. The summed E-state index contributed by atoms with van der Waals surface area (Å²) in [4.78, 5) is 28.3. The molecule has 6 nitrogen and oxygen atoms in total. The Labute approximate surface area is 154 Å². The van der Waals surface area contributed by atoms with Crippen LogP contribution in [0.2, 0.25) is 0 Å². The number of pyridine rings is 2. The largest absolute Gasteiger partial charge is 0.346 e. The molecule has 1 aromatic carbocycles. The van der Waals surface area contributed by atoms with Crippen LogP contribution in [0.4, 0.5) is 0 Å². The molecule has 5 rings (SSSR count). The summed E-state index contributed by atoms with van der Waals surface area (Å²) in [6.07, 6.45) is 6.74. The standard InChI is InChI=1S/C21H15N5O/c27-19-12-25-21-18(5-2-7-22-21)26(19)13-14-3-1-4-15(9-14)17-10-16-6-8-23-20(16)24-11-17/h1-12H,13H2,(H,23,24). The molecule has 0 aliphatic carbocycles. The highest BCUT2D eigenvalue weighted by Gasteiger charge is 2.07. The SMILES string of the molecule is O=c1cnc2ncccc2n1Cc1cccc(-c2cnc3[nH]ccc3c2)c1. The smallest absolute Gasteiger partial charge is 0.269 e. The summed E-state index contributed by atoms with van der Waals surface area (Å²) in [7, 11) is 0. The third-order valence-electron chi connectivity index (χ3n) is 4.62. The van der Waals surface area contributed by atoms with E-state index < -0.39 is 0 Å². The van der Waals surface area contributed by atoms with Gasteiger partial charge in [0.2, 0.25) is 0 Å². The maximum Gasteiger partial charge on any atom is 0.269 e. The van der Waals surface area contributed by atoms with Crippen LogP contribution < -0.4 is 5.56 Å². The Hall–Kier alpha value is -3.80. The summed E-state index contributed by atoms with van der Waals surface area (Å²) in [5.41, 5.74) is 5.15. The van der Waals surface area contributed by atoms with E-state index in [1.807, 2.05) is 48.8 Å². The van der Waals surface area contributed by atoms with E-state index in [9.17, 15) is 4.79 Å². The first-order valence-electron chi connectivity index (χ1n) is 8.61. The van der Waals surface area contributed by atoms with Crippen LogP contribution in [0.15, 0.2) is 78.1 Å². The summed E-state index contributed by atoms with van der Waals surface area (Å²) in [5.74, 6) is 0. The lowest BCUT2D eigenvalue weighted by Gasteiger charge is -2.10. The Kier molecular flexibility index (Phi) is 3.53. The normalized spacial score (nSPS) is 11.3. The zero-order chi connectivity index (χ0) is 18.2. The zero-order valence-corrected chi connectivity index (χ0v) is 14.3. The second kappa shape index (κ2) is 6.17. The average molecular weight is 353 g/mol. The first kappa shape index (κ1) is 15.5. The number of rotatable bonds is 3. The van der Waals surface area contributed by atoms with Gasteiger partial charge < -0.3 is 4.98 Å². The van der Waals surface area contributed by atoms with Crippen molar-refractivity contribution < 1.29 is 0 Å². The minimum Gasteiger partial charge on any atom is -0.346 e. The molecule has 0 atom stereocenters. The molecule has 0 saturated carbocycles. The van der Waals surface area contributed by atoms with E-state index in [1.54, 1.807) is 10.8 Å². The van der Waals surface area contributed by atoms with Crippen LogP contribution in [0, 0.1) is 0 Å². The molecule has 0 fully saturated rings. The van der Waals surface area contributed by atoms with Crippen molar-refractivity contribution in [3.05, 3.63) is 89.2 Å². The number of hydrogen-bond acceptors (Lipinski definition) is 4. The van der Waals surface area contributed by atoms with Gasteiger partial charge in [-0.3, -0.25) is 9.36 Å². The number of benzene rings is 1. The van der Waals surface area contributed by atoms with Crippen molar-refractivity contribution in [3.8, 4) is 11.1 Å². The van der Waals surface area contributed by atoms with E-state index >= 15 is 0 Å². The molecule has 0 aliphatic rings. The third kappa shape index (κ3) is 2.77. The number of H-pyrrole nitrogens is 1. The predicted molar refractivity (Wildman–Crippen MR) is 104 cm³/mol. The van der Waals surface area contributed by atoms with Crippen molar-refractivity contribution in [3.63, 3.8) is 0 Å². The van der Waals surface area contributed by atoms with Crippen LogP contribution in [-0.4, -0.2) is 24.5 Å². The van der Waals surface area contributed by atoms with Crippen molar-refractivity contribution in [2.45, 2.75) is 6.54 Å². The fraction of sp³-hybridized carbons (Fsp3) is 0.0476. The summed E-state index contributed by atoms with van der Waals surface area (Å²) in [6, 6.07) is 15.9. The van der Waals surface area contributed by atoms with Gasteiger partial charge in [-0.2, -0.15) is 0 Å². The van der Waals surface area contributed by atoms with Crippen LogP contribution >= 0.6 is 0 Å². The Morgan fingerprint density at radius 1 is 0.926 bits per heavy atom. The number of aromatic nitrogens is 5. The van der Waals surface area contributed by atoms with Crippen molar-refractivity contribution in [2.24, 2.45) is 0 Å². The van der Waals surface area contributed by atoms with Gasteiger partial charge in [-0.05, 0) is 41.5 Å².